The largest absolute Gasteiger partial charge is 0.364 e. The summed E-state index contributed by atoms with van der Waals surface area (Å²) < 4.78 is 5.69. The minimum Gasteiger partial charge on any atom is -0.364 e. The van der Waals surface area contributed by atoms with Crippen LogP contribution >= 0.6 is 0 Å². The number of hydrogen-bond acceptors (Lipinski definition) is 3. The minimum atomic E-state index is 0.502. The number of rotatable bonds is 2. The van der Waals surface area contributed by atoms with Gasteiger partial charge in [-0.1, -0.05) is 0 Å². The first-order valence-electron chi connectivity index (χ1n) is 7.48. The molecule has 1 unspecified atom stereocenters. The van der Waals surface area contributed by atoms with Crippen molar-refractivity contribution in [3.8, 4) is 6.07 Å². The highest BCUT2D eigenvalue weighted by Crippen LogP contribution is 2.62. The van der Waals surface area contributed by atoms with Crippen LogP contribution in [0, 0.1) is 34.5 Å². The van der Waals surface area contributed by atoms with Gasteiger partial charge in [-0.05, 0) is 61.7 Å². The third-order valence-electron chi connectivity index (χ3n) is 6.04. The fourth-order valence-electron chi connectivity index (χ4n) is 5.87. The summed E-state index contributed by atoms with van der Waals surface area (Å²) in [4.78, 5) is 2.30. The summed E-state index contributed by atoms with van der Waals surface area (Å²) in [6.45, 7) is 2.10. The molecule has 1 atom stereocenters. The lowest BCUT2D eigenvalue weighted by molar-refractivity contribution is -0.0886. The van der Waals surface area contributed by atoms with E-state index in [-0.39, 0.29) is 0 Å². The van der Waals surface area contributed by atoms with Gasteiger partial charge in [-0.25, -0.2) is 0 Å². The Morgan fingerprint density at radius 2 is 1.72 bits per heavy atom. The molecule has 18 heavy (non-hydrogen) atoms. The summed E-state index contributed by atoms with van der Waals surface area (Å²) in [6, 6.07) is 2.85. The van der Waals surface area contributed by atoms with E-state index in [4.69, 9.17) is 10.00 Å². The number of ether oxygens (including phenoxy) is 1. The molecule has 0 aromatic rings. The van der Waals surface area contributed by atoms with Gasteiger partial charge in [-0.3, -0.25) is 4.90 Å². The molecule has 0 aromatic carbocycles. The molecule has 4 aliphatic carbocycles. The second-order valence-corrected chi connectivity index (χ2v) is 7.20. The lowest BCUT2D eigenvalue weighted by atomic mass is 9.47. The van der Waals surface area contributed by atoms with E-state index < -0.39 is 0 Å². The fourth-order valence-corrected chi connectivity index (χ4v) is 5.87. The summed E-state index contributed by atoms with van der Waals surface area (Å²) in [6.07, 6.45) is 8.71. The zero-order valence-corrected chi connectivity index (χ0v) is 11.0. The van der Waals surface area contributed by atoms with E-state index in [1.54, 1.807) is 0 Å². The maximum absolute atomic E-state index is 8.98. The van der Waals surface area contributed by atoms with Gasteiger partial charge in [-0.2, -0.15) is 5.26 Å². The number of nitrogens with zero attached hydrogens (tertiary/aromatic N) is 2. The van der Waals surface area contributed by atoms with Crippen LogP contribution in [0.3, 0.4) is 0 Å². The second-order valence-electron chi connectivity index (χ2n) is 7.20. The fraction of sp³-hybridized carbons (Fsp3) is 0.933. The van der Waals surface area contributed by atoms with Gasteiger partial charge in [0, 0.05) is 6.04 Å². The summed E-state index contributed by atoms with van der Waals surface area (Å²) in [7, 11) is 0. The average molecular weight is 246 g/mol. The molecule has 0 aromatic heterocycles. The molecule has 98 valence electrons. The zero-order valence-electron chi connectivity index (χ0n) is 11.0. The van der Waals surface area contributed by atoms with Crippen molar-refractivity contribution in [2.45, 2.75) is 44.6 Å². The molecule has 0 amide bonds. The maximum atomic E-state index is 8.98. The molecule has 3 heteroatoms. The second kappa shape index (κ2) is 3.95. The SMILES string of the molecule is N#CCN1COCC1C12CC3CC(CC(C3)C1)C2. The van der Waals surface area contributed by atoms with Gasteiger partial charge in [0.2, 0.25) is 0 Å². The average Bonchev–Trinajstić information content (AvgIpc) is 2.76. The molecule has 4 saturated carbocycles. The van der Waals surface area contributed by atoms with E-state index in [1.807, 2.05) is 0 Å². The minimum absolute atomic E-state index is 0.502. The van der Waals surface area contributed by atoms with E-state index in [0.29, 0.717) is 24.7 Å². The van der Waals surface area contributed by atoms with Crippen LogP contribution in [0.4, 0.5) is 0 Å². The number of nitriles is 1. The van der Waals surface area contributed by atoms with Crippen LogP contribution in [0.15, 0.2) is 0 Å². The Bertz CT molecular complexity index is 351. The Morgan fingerprint density at radius 1 is 1.11 bits per heavy atom. The van der Waals surface area contributed by atoms with Crippen LogP contribution in [-0.2, 0) is 4.74 Å². The summed E-state index contributed by atoms with van der Waals surface area (Å²) in [5.74, 6) is 2.96. The highest BCUT2D eigenvalue weighted by molar-refractivity contribution is 5.07. The van der Waals surface area contributed by atoms with Gasteiger partial charge in [0.05, 0.1) is 19.2 Å². The van der Waals surface area contributed by atoms with Crippen LogP contribution in [-0.4, -0.2) is 30.8 Å². The van der Waals surface area contributed by atoms with E-state index in [9.17, 15) is 0 Å². The van der Waals surface area contributed by atoms with Crippen LogP contribution in [0.1, 0.15) is 38.5 Å². The molecule has 1 saturated heterocycles. The zero-order chi connectivity index (χ0) is 12.2. The summed E-state index contributed by atoms with van der Waals surface area (Å²) in [5.41, 5.74) is 0.502. The van der Waals surface area contributed by atoms with Crippen LogP contribution in [0.5, 0.6) is 0 Å². The van der Waals surface area contributed by atoms with E-state index in [2.05, 4.69) is 11.0 Å². The molecule has 4 bridgehead atoms. The molecule has 5 rings (SSSR count). The highest BCUT2D eigenvalue weighted by atomic mass is 16.5. The predicted octanol–water partition coefficient (Wildman–Crippen LogP) is 2.38. The Labute approximate surface area is 109 Å². The van der Waals surface area contributed by atoms with Crippen molar-refractivity contribution in [2.75, 3.05) is 19.9 Å². The van der Waals surface area contributed by atoms with Crippen molar-refractivity contribution >= 4 is 0 Å². The van der Waals surface area contributed by atoms with Crippen LogP contribution in [0.25, 0.3) is 0 Å². The Hall–Kier alpha value is -0.590. The van der Waals surface area contributed by atoms with Crippen LogP contribution < -0.4 is 0 Å². The molecule has 1 aliphatic heterocycles. The first-order valence-corrected chi connectivity index (χ1v) is 7.48. The van der Waals surface area contributed by atoms with Gasteiger partial charge in [0.15, 0.2) is 0 Å². The van der Waals surface area contributed by atoms with E-state index in [1.165, 1.54) is 38.5 Å². The lowest BCUT2D eigenvalue weighted by Crippen LogP contribution is -2.56. The third kappa shape index (κ3) is 1.55. The van der Waals surface area contributed by atoms with Crippen molar-refractivity contribution in [3.63, 3.8) is 0 Å². The van der Waals surface area contributed by atoms with Gasteiger partial charge in [0.25, 0.3) is 0 Å². The quantitative estimate of drug-likeness (QED) is 0.702. The van der Waals surface area contributed by atoms with Crippen LogP contribution in [0.2, 0.25) is 0 Å². The number of hydrogen-bond donors (Lipinski definition) is 0. The third-order valence-corrected chi connectivity index (χ3v) is 6.04. The molecule has 5 aliphatic rings. The molecule has 5 fully saturated rings. The predicted molar refractivity (Wildman–Crippen MR) is 67.5 cm³/mol. The Balaban J connectivity index is 1.61. The first kappa shape index (κ1) is 11.3. The van der Waals surface area contributed by atoms with Crippen molar-refractivity contribution < 1.29 is 4.74 Å². The van der Waals surface area contributed by atoms with E-state index >= 15 is 0 Å². The normalized spacial score (nSPS) is 50.6. The summed E-state index contributed by atoms with van der Waals surface area (Å²) >= 11 is 0. The van der Waals surface area contributed by atoms with Gasteiger partial charge in [-0.15, -0.1) is 0 Å². The molecule has 0 spiro atoms. The van der Waals surface area contributed by atoms with Gasteiger partial charge in [0.1, 0.15) is 6.73 Å². The highest BCUT2D eigenvalue weighted by Gasteiger charge is 2.56. The molecule has 1 heterocycles. The van der Waals surface area contributed by atoms with Crippen molar-refractivity contribution in [2.24, 2.45) is 23.2 Å². The van der Waals surface area contributed by atoms with Gasteiger partial charge < -0.3 is 4.74 Å². The monoisotopic (exact) mass is 246 g/mol. The summed E-state index contributed by atoms with van der Waals surface area (Å²) in [5, 5.41) is 8.98. The van der Waals surface area contributed by atoms with Crippen molar-refractivity contribution in [1.82, 2.24) is 4.90 Å². The topological polar surface area (TPSA) is 36.3 Å². The molecule has 3 nitrogen and oxygen atoms in total. The molecular formula is C15H22N2O. The lowest BCUT2D eigenvalue weighted by Gasteiger charge is -2.59. The first-order chi connectivity index (χ1) is 8.79. The molecule has 0 radical (unpaired) electrons. The van der Waals surface area contributed by atoms with E-state index in [0.717, 1.165) is 24.4 Å². The van der Waals surface area contributed by atoms with Crippen molar-refractivity contribution in [1.29, 1.82) is 5.26 Å². The Kier molecular flexibility index (Phi) is 2.47. The standard InChI is InChI=1S/C15H22N2O/c16-1-2-17-10-18-9-14(17)15-6-11-3-12(7-15)5-13(4-11)8-15/h11-14H,2-10H2. The van der Waals surface area contributed by atoms with Crippen molar-refractivity contribution in [3.05, 3.63) is 0 Å². The molecule has 0 N–H and O–H groups in total. The maximum Gasteiger partial charge on any atom is 0.100 e. The molecular weight excluding hydrogens is 224 g/mol. The Morgan fingerprint density at radius 3 is 2.28 bits per heavy atom. The van der Waals surface area contributed by atoms with Gasteiger partial charge >= 0.3 is 0 Å². The smallest absolute Gasteiger partial charge is 0.100 e.